The molecule has 3 atom stereocenters. The summed E-state index contributed by atoms with van der Waals surface area (Å²) in [6.45, 7) is 0. The van der Waals surface area contributed by atoms with E-state index in [1.807, 2.05) is 30.3 Å². The molecule has 0 bridgehead atoms. The molecule has 4 nitrogen and oxygen atoms in total. The fraction of sp³-hybridized carbons (Fsp3) is 0.125. The lowest BCUT2D eigenvalue weighted by atomic mass is 9.75. The molecule has 3 unspecified atom stereocenters. The van der Waals surface area contributed by atoms with Crippen LogP contribution < -0.4 is 10.0 Å². The maximum absolute atomic E-state index is 13.2. The van der Waals surface area contributed by atoms with Crippen molar-refractivity contribution < 1.29 is 8.42 Å². The van der Waals surface area contributed by atoms with Crippen molar-refractivity contribution in [2.24, 2.45) is 5.92 Å². The van der Waals surface area contributed by atoms with Gasteiger partial charge in [0.25, 0.3) is 10.0 Å². The minimum Gasteiger partial charge on any atom is -0.378 e. The van der Waals surface area contributed by atoms with Gasteiger partial charge in [0.2, 0.25) is 0 Å². The van der Waals surface area contributed by atoms with Gasteiger partial charge in [-0.2, -0.15) is 0 Å². The Labute approximate surface area is 216 Å². The van der Waals surface area contributed by atoms with Crippen molar-refractivity contribution in [2.75, 3.05) is 10.0 Å². The van der Waals surface area contributed by atoms with Crippen LogP contribution in [0.5, 0.6) is 0 Å². The number of hydrogen-bond donors (Lipinski definition) is 2. The van der Waals surface area contributed by atoms with Crippen molar-refractivity contribution in [1.82, 2.24) is 0 Å². The predicted octanol–water partition coefficient (Wildman–Crippen LogP) is 7.62. The zero-order valence-corrected chi connectivity index (χ0v) is 21.0. The topological polar surface area (TPSA) is 58.2 Å². The second-order valence-electron chi connectivity index (χ2n) is 9.93. The summed E-state index contributed by atoms with van der Waals surface area (Å²) < 4.78 is 29.1. The largest absolute Gasteiger partial charge is 0.378 e. The van der Waals surface area contributed by atoms with Gasteiger partial charge in [0.15, 0.2) is 0 Å². The van der Waals surface area contributed by atoms with E-state index in [9.17, 15) is 8.42 Å². The molecule has 2 aliphatic rings. The average molecular weight is 503 g/mol. The molecule has 0 aromatic heterocycles. The molecular weight excluding hydrogens is 476 g/mol. The van der Waals surface area contributed by atoms with E-state index in [-0.39, 0.29) is 16.9 Å². The third-order valence-electron chi connectivity index (χ3n) is 7.79. The zero-order valence-electron chi connectivity index (χ0n) is 20.1. The summed E-state index contributed by atoms with van der Waals surface area (Å²) in [6, 6.07) is 34.1. The van der Waals surface area contributed by atoms with Gasteiger partial charge in [-0.3, -0.25) is 4.72 Å². The molecule has 0 amide bonds. The highest BCUT2D eigenvalue weighted by atomic mass is 32.2. The lowest BCUT2D eigenvalue weighted by molar-refractivity contribution is 0.428. The maximum Gasteiger partial charge on any atom is 0.261 e. The second-order valence-corrected chi connectivity index (χ2v) is 11.6. The van der Waals surface area contributed by atoms with Crippen LogP contribution in [0, 0.1) is 5.92 Å². The molecule has 1 heterocycles. The fourth-order valence-corrected chi connectivity index (χ4v) is 7.22. The highest BCUT2D eigenvalue weighted by molar-refractivity contribution is 7.92. The fourth-order valence-electron chi connectivity index (χ4n) is 6.13. The molecule has 1 aliphatic heterocycles. The van der Waals surface area contributed by atoms with Gasteiger partial charge in [-0.05, 0) is 81.4 Å². The molecule has 1 aliphatic carbocycles. The Morgan fingerprint density at radius 1 is 0.757 bits per heavy atom. The quantitative estimate of drug-likeness (QED) is 0.196. The number of benzene rings is 5. The van der Waals surface area contributed by atoms with Crippen molar-refractivity contribution in [1.29, 1.82) is 0 Å². The highest BCUT2D eigenvalue weighted by Gasteiger charge is 2.39. The van der Waals surface area contributed by atoms with Gasteiger partial charge < -0.3 is 5.32 Å². The van der Waals surface area contributed by atoms with Crippen LogP contribution in [0.3, 0.4) is 0 Å². The predicted molar refractivity (Wildman–Crippen MR) is 151 cm³/mol. The van der Waals surface area contributed by atoms with E-state index in [2.05, 4.69) is 76.8 Å². The first-order chi connectivity index (χ1) is 18.1. The number of rotatable bonds is 4. The SMILES string of the molecule is O=S(=O)(Nc1ccccc1)c1ccc2c(c1)C1C=CCC1C(c1c3ccccc3cc3ccccc13)N2. The van der Waals surface area contributed by atoms with Crippen LogP contribution in [-0.2, 0) is 10.0 Å². The summed E-state index contributed by atoms with van der Waals surface area (Å²) >= 11 is 0. The molecule has 5 heteroatoms. The zero-order chi connectivity index (χ0) is 25.0. The van der Waals surface area contributed by atoms with Gasteiger partial charge >= 0.3 is 0 Å². The minimum absolute atomic E-state index is 0.105. The lowest BCUT2D eigenvalue weighted by Crippen LogP contribution is -2.29. The van der Waals surface area contributed by atoms with Crippen LogP contribution in [-0.4, -0.2) is 8.42 Å². The molecule has 0 spiro atoms. The minimum atomic E-state index is -3.70. The van der Waals surface area contributed by atoms with E-state index in [1.54, 1.807) is 18.2 Å². The second kappa shape index (κ2) is 8.49. The molecular formula is C32H26N2O2S. The van der Waals surface area contributed by atoms with Crippen LogP contribution in [0.25, 0.3) is 21.5 Å². The maximum atomic E-state index is 13.2. The van der Waals surface area contributed by atoms with Crippen LogP contribution in [0.2, 0.25) is 0 Å². The molecule has 2 N–H and O–H groups in total. The molecule has 37 heavy (non-hydrogen) atoms. The standard InChI is InChI=1S/C32H26N2O2S/c35-37(36,34-23-11-2-1-3-12-23)24-17-18-30-29(20-24)27-15-8-16-28(27)32(33-30)31-25-13-6-4-9-21(25)19-22-10-5-7-14-26(22)31/h1-15,17-20,27-28,32-34H,16H2. The van der Waals surface area contributed by atoms with E-state index in [0.29, 0.717) is 11.6 Å². The number of sulfonamides is 1. The van der Waals surface area contributed by atoms with E-state index >= 15 is 0 Å². The number of fused-ring (bicyclic) bond motifs is 5. The molecule has 0 saturated heterocycles. The molecule has 0 radical (unpaired) electrons. The van der Waals surface area contributed by atoms with Crippen molar-refractivity contribution in [3.05, 3.63) is 126 Å². The third kappa shape index (κ3) is 3.69. The van der Waals surface area contributed by atoms with Crippen LogP contribution in [0.1, 0.15) is 29.5 Å². The van der Waals surface area contributed by atoms with Crippen molar-refractivity contribution in [3.63, 3.8) is 0 Å². The Kier molecular flexibility index (Phi) is 5.08. The van der Waals surface area contributed by atoms with E-state index in [0.717, 1.165) is 17.7 Å². The summed E-state index contributed by atoms with van der Waals surface area (Å²) in [5.41, 5.74) is 3.91. The van der Waals surface area contributed by atoms with Crippen molar-refractivity contribution in [3.8, 4) is 0 Å². The Hall–Kier alpha value is -4.09. The molecule has 5 aromatic carbocycles. The van der Waals surface area contributed by atoms with Gasteiger partial charge in [0.05, 0.1) is 10.9 Å². The van der Waals surface area contributed by atoms with Crippen molar-refractivity contribution in [2.45, 2.75) is 23.3 Å². The molecule has 0 saturated carbocycles. The number of allylic oxidation sites excluding steroid dienone is 2. The summed E-state index contributed by atoms with van der Waals surface area (Å²) in [7, 11) is -3.70. The monoisotopic (exact) mass is 502 g/mol. The molecule has 7 rings (SSSR count). The van der Waals surface area contributed by atoms with Gasteiger partial charge in [-0.15, -0.1) is 0 Å². The average Bonchev–Trinajstić information content (AvgIpc) is 3.42. The Balaban J connectivity index is 1.34. The first-order valence-corrected chi connectivity index (χ1v) is 14.1. The van der Waals surface area contributed by atoms with E-state index in [1.165, 1.54) is 27.1 Å². The van der Waals surface area contributed by atoms with Gasteiger partial charge in [0.1, 0.15) is 0 Å². The van der Waals surface area contributed by atoms with Gasteiger partial charge in [0, 0.05) is 17.3 Å². The Bertz CT molecular complexity index is 1740. The van der Waals surface area contributed by atoms with E-state index < -0.39 is 10.0 Å². The summed E-state index contributed by atoms with van der Waals surface area (Å²) in [5, 5.41) is 8.84. The van der Waals surface area contributed by atoms with Crippen molar-refractivity contribution >= 4 is 42.9 Å². The molecule has 5 aromatic rings. The number of hydrogen-bond acceptors (Lipinski definition) is 3. The van der Waals surface area contributed by atoms with Gasteiger partial charge in [-0.1, -0.05) is 78.9 Å². The van der Waals surface area contributed by atoms with Crippen LogP contribution >= 0.6 is 0 Å². The van der Waals surface area contributed by atoms with Crippen LogP contribution in [0.15, 0.2) is 120 Å². The Morgan fingerprint density at radius 2 is 1.43 bits per heavy atom. The van der Waals surface area contributed by atoms with Gasteiger partial charge in [-0.25, -0.2) is 8.42 Å². The van der Waals surface area contributed by atoms with Crippen LogP contribution in [0.4, 0.5) is 11.4 Å². The summed E-state index contributed by atoms with van der Waals surface area (Å²) in [5.74, 6) is 0.438. The number of para-hydroxylation sites is 1. The normalized spacial score (nSPS) is 20.4. The third-order valence-corrected chi connectivity index (χ3v) is 9.17. The lowest BCUT2D eigenvalue weighted by Gasteiger charge is -2.38. The molecule has 182 valence electrons. The first kappa shape index (κ1) is 22.1. The summed E-state index contributed by atoms with van der Waals surface area (Å²) in [4.78, 5) is 0.282. The smallest absolute Gasteiger partial charge is 0.261 e. The number of nitrogens with one attached hydrogen (secondary N) is 2. The van der Waals surface area contributed by atoms with E-state index in [4.69, 9.17) is 0 Å². The Morgan fingerprint density at radius 3 is 2.16 bits per heavy atom. The molecule has 0 fully saturated rings. The number of anilines is 2. The first-order valence-electron chi connectivity index (χ1n) is 12.6. The summed E-state index contributed by atoms with van der Waals surface area (Å²) in [6.07, 6.45) is 5.44. The highest BCUT2D eigenvalue weighted by Crippen LogP contribution is 2.52.